The van der Waals surface area contributed by atoms with Crippen LogP contribution in [0.1, 0.15) is 24.9 Å². The zero-order valence-electron chi connectivity index (χ0n) is 14.1. The number of thioether (sulfide) groups is 1. The van der Waals surface area contributed by atoms with Crippen LogP contribution < -0.4 is 10.1 Å². The van der Waals surface area contributed by atoms with Gasteiger partial charge in [0.25, 0.3) is 5.91 Å². The number of hydrogen-bond donors (Lipinski definition) is 2. The van der Waals surface area contributed by atoms with E-state index in [2.05, 4.69) is 5.32 Å². The molecular weight excluding hydrogens is 338 g/mol. The second kappa shape index (κ2) is 9.13. The summed E-state index contributed by atoms with van der Waals surface area (Å²) in [6, 6.07) is 15.9. The predicted molar refractivity (Wildman–Crippen MR) is 97.9 cm³/mol. The molecule has 0 aliphatic rings. The minimum absolute atomic E-state index is 0.192. The van der Waals surface area contributed by atoms with Gasteiger partial charge in [0.05, 0.1) is 12.5 Å². The number of carboxylic acids is 1. The summed E-state index contributed by atoms with van der Waals surface area (Å²) in [5.74, 6) is -0.746. The zero-order valence-corrected chi connectivity index (χ0v) is 15.0. The number of carbonyl (C=O) groups excluding carboxylic acids is 1. The lowest BCUT2D eigenvalue weighted by atomic mass is 10.0. The van der Waals surface area contributed by atoms with Crippen molar-refractivity contribution in [2.45, 2.75) is 30.4 Å². The van der Waals surface area contributed by atoms with Gasteiger partial charge in [-0.05, 0) is 43.0 Å². The van der Waals surface area contributed by atoms with Gasteiger partial charge in [0, 0.05) is 4.90 Å². The zero-order chi connectivity index (χ0) is 18.2. The molecule has 0 aromatic heterocycles. The summed E-state index contributed by atoms with van der Waals surface area (Å²) in [6.07, 6.45) is 1.04. The first-order valence-corrected chi connectivity index (χ1v) is 9.10. The topological polar surface area (TPSA) is 75.6 Å². The molecule has 0 bridgehead atoms. The van der Waals surface area contributed by atoms with Crippen molar-refractivity contribution in [3.8, 4) is 5.75 Å². The molecule has 0 spiro atoms. The third-order valence-electron chi connectivity index (χ3n) is 3.64. The number of carboxylic acid groups (broad SMARTS) is 1. The van der Waals surface area contributed by atoms with E-state index in [9.17, 15) is 9.59 Å². The van der Waals surface area contributed by atoms with Crippen LogP contribution in [0.2, 0.25) is 0 Å². The molecule has 5 nitrogen and oxygen atoms in total. The molecule has 2 atom stereocenters. The normalized spacial score (nSPS) is 12.9. The molecular formula is C19H21NO4S. The number of para-hydroxylation sites is 1. The van der Waals surface area contributed by atoms with Crippen molar-refractivity contribution in [3.05, 3.63) is 60.2 Å². The highest BCUT2D eigenvalue weighted by Crippen LogP contribution is 2.22. The van der Waals surface area contributed by atoms with Gasteiger partial charge in [-0.2, -0.15) is 0 Å². The van der Waals surface area contributed by atoms with Crippen molar-refractivity contribution in [2.75, 3.05) is 6.26 Å². The van der Waals surface area contributed by atoms with Crippen LogP contribution in [0.15, 0.2) is 59.5 Å². The summed E-state index contributed by atoms with van der Waals surface area (Å²) < 4.78 is 5.59. The van der Waals surface area contributed by atoms with E-state index in [4.69, 9.17) is 9.84 Å². The molecule has 25 heavy (non-hydrogen) atoms. The Morgan fingerprint density at radius 3 is 2.32 bits per heavy atom. The molecule has 2 N–H and O–H groups in total. The SMILES string of the molecule is CSc1ccc(C(CC(=O)O)NC(=O)C(C)Oc2ccccc2)cc1. The highest BCUT2D eigenvalue weighted by molar-refractivity contribution is 7.98. The summed E-state index contributed by atoms with van der Waals surface area (Å²) in [4.78, 5) is 24.6. The number of carbonyl (C=O) groups is 2. The second-order valence-electron chi connectivity index (χ2n) is 5.51. The minimum Gasteiger partial charge on any atom is -0.481 e. The fourth-order valence-electron chi connectivity index (χ4n) is 2.31. The fourth-order valence-corrected chi connectivity index (χ4v) is 2.72. The minimum atomic E-state index is -0.976. The van der Waals surface area contributed by atoms with Crippen molar-refractivity contribution >= 4 is 23.6 Å². The van der Waals surface area contributed by atoms with E-state index in [-0.39, 0.29) is 12.3 Å². The number of nitrogens with one attached hydrogen (secondary N) is 1. The van der Waals surface area contributed by atoms with E-state index >= 15 is 0 Å². The Labute approximate surface area is 151 Å². The molecule has 0 fully saturated rings. The fraction of sp³-hybridized carbons (Fsp3) is 0.263. The Morgan fingerprint density at radius 2 is 1.76 bits per heavy atom. The van der Waals surface area contributed by atoms with Crippen molar-refractivity contribution in [3.63, 3.8) is 0 Å². The third-order valence-corrected chi connectivity index (χ3v) is 4.38. The molecule has 2 aromatic carbocycles. The van der Waals surface area contributed by atoms with Gasteiger partial charge in [-0.1, -0.05) is 30.3 Å². The lowest BCUT2D eigenvalue weighted by molar-refractivity contribution is -0.138. The molecule has 0 saturated carbocycles. The van der Waals surface area contributed by atoms with Gasteiger partial charge in [-0.25, -0.2) is 0 Å². The summed E-state index contributed by atoms with van der Waals surface area (Å²) in [7, 11) is 0. The van der Waals surface area contributed by atoms with Crippen LogP contribution in [0, 0.1) is 0 Å². The van der Waals surface area contributed by atoms with E-state index in [0.29, 0.717) is 5.75 Å². The van der Waals surface area contributed by atoms with E-state index in [1.807, 2.05) is 48.7 Å². The van der Waals surface area contributed by atoms with Gasteiger partial charge in [0.2, 0.25) is 0 Å². The van der Waals surface area contributed by atoms with Crippen LogP contribution in [0.4, 0.5) is 0 Å². The van der Waals surface area contributed by atoms with Gasteiger partial charge < -0.3 is 15.2 Å². The maximum atomic E-state index is 12.4. The lowest BCUT2D eigenvalue weighted by Crippen LogP contribution is -2.39. The summed E-state index contributed by atoms with van der Waals surface area (Å²) in [6.45, 7) is 1.64. The van der Waals surface area contributed by atoms with Crippen LogP contribution in [0.3, 0.4) is 0 Å². The van der Waals surface area contributed by atoms with Crippen LogP contribution in [0.25, 0.3) is 0 Å². The Bertz CT molecular complexity index is 703. The number of hydrogen-bond acceptors (Lipinski definition) is 4. The Balaban J connectivity index is 2.07. The maximum Gasteiger partial charge on any atom is 0.305 e. The Kier molecular flexibility index (Phi) is 6.89. The van der Waals surface area contributed by atoms with Gasteiger partial charge in [-0.3, -0.25) is 9.59 Å². The molecule has 6 heteroatoms. The summed E-state index contributed by atoms with van der Waals surface area (Å²) in [5, 5.41) is 11.9. The molecule has 132 valence electrons. The van der Waals surface area contributed by atoms with Crippen molar-refractivity contribution in [2.24, 2.45) is 0 Å². The van der Waals surface area contributed by atoms with Gasteiger partial charge in [0.1, 0.15) is 5.75 Å². The molecule has 0 aliphatic carbocycles. The molecule has 0 heterocycles. The van der Waals surface area contributed by atoms with Gasteiger partial charge in [0.15, 0.2) is 6.10 Å². The summed E-state index contributed by atoms with van der Waals surface area (Å²) in [5.41, 5.74) is 0.750. The van der Waals surface area contributed by atoms with Gasteiger partial charge >= 0.3 is 5.97 Å². The highest BCUT2D eigenvalue weighted by Gasteiger charge is 2.22. The first kappa shape index (κ1) is 18.9. The first-order chi connectivity index (χ1) is 12.0. The lowest BCUT2D eigenvalue weighted by Gasteiger charge is -2.21. The van der Waals surface area contributed by atoms with Crippen LogP contribution >= 0.6 is 11.8 Å². The van der Waals surface area contributed by atoms with E-state index < -0.39 is 18.1 Å². The summed E-state index contributed by atoms with van der Waals surface area (Å²) >= 11 is 1.60. The van der Waals surface area contributed by atoms with Crippen LogP contribution in [-0.2, 0) is 9.59 Å². The molecule has 2 rings (SSSR count). The quantitative estimate of drug-likeness (QED) is 0.706. The van der Waals surface area contributed by atoms with Crippen molar-refractivity contribution in [1.82, 2.24) is 5.32 Å². The number of benzene rings is 2. The molecule has 2 aromatic rings. The number of ether oxygens (including phenoxy) is 1. The first-order valence-electron chi connectivity index (χ1n) is 7.87. The smallest absolute Gasteiger partial charge is 0.305 e. The monoisotopic (exact) mass is 359 g/mol. The van der Waals surface area contributed by atoms with Crippen LogP contribution in [0.5, 0.6) is 5.75 Å². The number of amides is 1. The predicted octanol–water partition coefficient (Wildman–Crippen LogP) is 3.51. The Morgan fingerprint density at radius 1 is 1.12 bits per heavy atom. The highest BCUT2D eigenvalue weighted by atomic mass is 32.2. The van der Waals surface area contributed by atoms with E-state index in [1.165, 1.54) is 0 Å². The van der Waals surface area contributed by atoms with E-state index in [0.717, 1.165) is 10.5 Å². The number of rotatable bonds is 8. The largest absolute Gasteiger partial charge is 0.481 e. The standard InChI is InChI=1S/C19H21NO4S/c1-13(24-15-6-4-3-5-7-15)19(23)20-17(12-18(21)22)14-8-10-16(25-2)11-9-14/h3-11,13,17H,12H2,1-2H3,(H,20,23)(H,21,22). The van der Waals surface area contributed by atoms with Gasteiger partial charge in [-0.15, -0.1) is 11.8 Å². The molecule has 0 saturated heterocycles. The number of aliphatic carboxylic acids is 1. The maximum absolute atomic E-state index is 12.4. The molecule has 2 unspecified atom stereocenters. The third kappa shape index (κ3) is 5.83. The average Bonchev–Trinajstić information content (AvgIpc) is 2.61. The van der Waals surface area contributed by atoms with Crippen molar-refractivity contribution < 1.29 is 19.4 Å². The van der Waals surface area contributed by atoms with Crippen molar-refractivity contribution in [1.29, 1.82) is 0 Å². The molecule has 1 amide bonds. The van der Waals surface area contributed by atoms with Crippen LogP contribution in [-0.4, -0.2) is 29.3 Å². The van der Waals surface area contributed by atoms with E-state index in [1.54, 1.807) is 30.8 Å². The molecule has 0 aliphatic heterocycles. The average molecular weight is 359 g/mol. The second-order valence-corrected chi connectivity index (χ2v) is 6.38. The Hall–Kier alpha value is -2.47. The molecule has 0 radical (unpaired) electrons.